The van der Waals surface area contributed by atoms with Gasteiger partial charge in [0.05, 0.1) is 17.5 Å². The Kier molecular flexibility index (Phi) is 4.50. The second kappa shape index (κ2) is 6.95. The van der Waals surface area contributed by atoms with Gasteiger partial charge in [-0.3, -0.25) is 9.97 Å². The number of aromatic nitrogens is 5. The van der Waals surface area contributed by atoms with Gasteiger partial charge in [0.15, 0.2) is 15.7 Å². The molecule has 1 atom stereocenters. The van der Waals surface area contributed by atoms with Crippen molar-refractivity contribution in [2.24, 2.45) is 0 Å². The van der Waals surface area contributed by atoms with E-state index in [0.29, 0.717) is 18.7 Å². The third-order valence-electron chi connectivity index (χ3n) is 4.54. The van der Waals surface area contributed by atoms with Crippen LogP contribution in [0.5, 0.6) is 0 Å². The standard InChI is InChI=1S/C18H19N5O2S/c24-26(25)10-7-16(13-26)23-17(6-5-14-3-1-8-19-11-14)21-18(22-23)15-4-2-9-20-12-15/h1-4,8-9,11-12,16H,5-7,10,13H2/t16-/m0/s1. The highest BCUT2D eigenvalue weighted by Crippen LogP contribution is 2.26. The first kappa shape index (κ1) is 16.8. The van der Waals surface area contributed by atoms with Crippen molar-refractivity contribution < 1.29 is 8.42 Å². The van der Waals surface area contributed by atoms with Crippen molar-refractivity contribution in [2.45, 2.75) is 25.3 Å². The Morgan fingerprint density at radius 2 is 1.88 bits per heavy atom. The first-order valence-corrected chi connectivity index (χ1v) is 10.4. The van der Waals surface area contributed by atoms with Crippen LogP contribution in [0.25, 0.3) is 11.4 Å². The number of pyridine rings is 2. The summed E-state index contributed by atoms with van der Waals surface area (Å²) in [4.78, 5) is 12.9. The van der Waals surface area contributed by atoms with Gasteiger partial charge < -0.3 is 0 Å². The monoisotopic (exact) mass is 369 g/mol. The zero-order valence-electron chi connectivity index (χ0n) is 14.2. The van der Waals surface area contributed by atoms with Crippen LogP contribution in [0.15, 0.2) is 49.1 Å². The van der Waals surface area contributed by atoms with Gasteiger partial charge in [-0.2, -0.15) is 5.10 Å². The summed E-state index contributed by atoms with van der Waals surface area (Å²) in [5, 5.41) is 4.63. The molecule has 0 amide bonds. The van der Waals surface area contributed by atoms with E-state index in [1.54, 1.807) is 18.6 Å². The number of aryl methyl sites for hydroxylation is 2. The Balaban J connectivity index is 1.65. The molecule has 26 heavy (non-hydrogen) atoms. The SMILES string of the molecule is O=S1(=O)CC[C@H](n2nc(-c3cccnc3)nc2CCc2cccnc2)C1. The minimum atomic E-state index is -2.99. The van der Waals surface area contributed by atoms with Crippen molar-refractivity contribution in [1.29, 1.82) is 0 Å². The van der Waals surface area contributed by atoms with Crippen LogP contribution in [0.2, 0.25) is 0 Å². The molecule has 8 heteroatoms. The van der Waals surface area contributed by atoms with Gasteiger partial charge in [-0.05, 0) is 36.6 Å². The topological polar surface area (TPSA) is 90.6 Å². The molecule has 1 aliphatic rings. The number of sulfone groups is 1. The van der Waals surface area contributed by atoms with E-state index >= 15 is 0 Å². The molecule has 4 heterocycles. The lowest BCUT2D eigenvalue weighted by Gasteiger charge is -2.11. The highest BCUT2D eigenvalue weighted by Gasteiger charge is 2.31. The average Bonchev–Trinajstić information content (AvgIpc) is 3.24. The van der Waals surface area contributed by atoms with Gasteiger partial charge in [0, 0.05) is 36.8 Å². The summed E-state index contributed by atoms with van der Waals surface area (Å²) in [7, 11) is -2.99. The molecule has 7 nitrogen and oxygen atoms in total. The van der Waals surface area contributed by atoms with Crippen LogP contribution in [0, 0.1) is 0 Å². The van der Waals surface area contributed by atoms with Gasteiger partial charge in [0.2, 0.25) is 0 Å². The molecule has 0 aliphatic carbocycles. The van der Waals surface area contributed by atoms with E-state index in [4.69, 9.17) is 0 Å². The lowest BCUT2D eigenvalue weighted by Crippen LogP contribution is -2.16. The molecule has 0 bridgehead atoms. The summed E-state index contributed by atoms with van der Waals surface area (Å²) in [5.41, 5.74) is 1.94. The van der Waals surface area contributed by atoms with Crippen molar-refractivity contribution in [1.82, 2.24) is 24.7 Å². The quantitative estimate of drug-likeness (QED) is 0.682. The number of hydrogen-bond donors (Lipinski definition) is 0. The highest BCUT2D eigenvalue weighted by molar-refractivity contribution is 7.91. The molecular weight excluding hydrogens is 350 g/mol. The molecule has 1 saturated heterocycles. The van der Waals surface area contributed by atoms with E-state index in [-0.39, 0.29) is 17.5 Å². The maximum Gasteiger partial charge on any atom is 0.182 e. The lowest BCUT2D eigenvalue weighted by molar-refractivity contribution is 0.477. The van der Waals surface area contributed by atoms with Crippen molar-refractivity contribution in [2.75, 3.05) is 11.5 Å². The van der Waals surface area contributed by atoms with Crippen molar-refractivity contribution in [3.63, 3.8) is 0 Å². The van der Waals surface area contributed by atoms with Gasteiger partial charge >= 0.3 is 0 Å². The van der Waals surface area contributed by atoms with E-state index in [2.05, 4.69) is 20.1 Å². The highest BCUT2D eigenvalue weighted by atomic mass is 32.2. The zero-order valence-corrected chi connectivity index (χ0v) is 15.0. The lowest BCUT2D eigenvalue weighted by atomic mass is 10.1. The molecule has 0 aromatic carbocycles. The molecule has 0 spiro atoms. The van der Waals surface area contributed by atoms with E-state index in [1.165, 1.54) is 0 Å². The maximum atomic E-state index is 11.9. The second-order valence-electron chi connectivity index (χ2n) is 6.46. The number of rotatable bonds is 5. The number of hydrogen-bond acceptors (Lipinski definition) is 6. The van der Waals surface area contributed by atoms with Gasteiger partial charge in [-0.1, -0.05) is 6.07 Å². The summed E-state index contributed by atoms with van der Waals surface area (Å²) in [5.74, 6) is 1.73. The third-order valence-corrected chi connectivity index (χ3v) is 6.29. The third kappa shape index (κ3) is 3.65. The van der Waals surface area contributed by atoms with Gasteiger partial charge in [-0.15, -0.1) is 0 Å². The molecule has 0 unspecified atom stereocenters. The Bertz CT molecular complexity index is 987. The molecular formula is C18H19N5O2S. The molecule has 4 rings (SSSR count). The smallest absolute Gasteiger partial charge is 0.182 e. The second-order valence-corrected chi connectivity index (χ2v) is 8.68. The van der Waals surface area contributed by atoms with Gasteiger partial charge in [0.1, 0.15) is 5.82 Å². The zero-order chi connectivity index (χ0) is 18.0. The van der Waals surface area contributed by atoms with Crippen molar-refractivity contribution in [3.05, 3.63) is 60.4 Å². The predicted octanol–water partition coefficient (Wildman–Crippen LogP) is 1.88. The van der Waals surface area contributed by atoms with E-state index in [0.717, 1.165) is 23.4 Å². The summed E-state index contributed by atoms with van der Waals surface area (Å²) < 4.78 is 25.6. The first-order chi connectivity index (χ1) is 12.6. The van der Waals surface area contributed by atoms with E-state index in [9.17, 15) is 8.42 Å². The number of nitrogens with zero attached hydrogens (tertiary/aromatic N) is 5. The van der Waals surface area contributed by atoms with Crippen LogP contribution in [0.4, 0.5) is 0 Å². The van der Waals surface area contributed by atoms with Crippen LogP contribution in [0.1, 0.15) is 23.9 Å². The molecule has 3 aromatic heterocycles. The summed E-state index contributed by atoms with van der Waals surface area (Å²) >= 11 is 0. The Morgan fingerprint density at radius 1 is 1.08 bits per heavy atom. The normalized spacial score (nSPS) is 18.8. The fourth-order valence-electron chi connectivity index (χ4n) is 3.21. The van der Waals surface area contributed by atoms with Crippen LogP contribution < -0.4 is 0 Å². The summed E-state index contributed by atoms with van der Waals surface area (Å²) in [6.45, 7) is 0. The average molecular weight is 369 g/mol. The molecule has 134 valence electrons. The summed E-state index contributed by atoms with van der Waals surface area (Å²) in [6.07, 6.45) is 9.04. The fourth-order valence-corrected chi connectivity index (χ4v) is 4.90. The molecule has 0 N–H and O–H groups in total. The Morgan fingerprint density at radius 3 is 2.54 bits per heavy atom. The van der Waals surface area contributed by atoms with Gasteiger partial charge in [0.25, 0.3) is 0 Å². The first-order valence-electron chi connectivity index (χ1n) is 8.56. The largest absolute Gasteiger partial charge is 0.264 e. The molecule has 3 aromatic rings. The van der Waals surface area contributed by atoms with Crippen molar-refractivity contribution in [3.8, 4) is 11.4 Å². The minimum Gasteiger partial charge on any atom is -0.264 e. The summed E-state index contributed by atoms with van der Waals surface area (Å²) in [6, 6.07) is 7.52. The minimum absolute atomic E-state index is 0.128. The van der Waals surface area contributed by atoms with Gasteiger partial charge in [-0.25, -0.2) is 18.1 Å². The van der Waals surface area contributed by atoms with Crippen LogP contribution in [0.3, 0.4) is 0 Å². The fraction of sp³-hybridized carbons (Fsp3) is 0.333. The maximum absolute atomic E-state index is 11.9. The van der Waals surface area contributed by atoms with Crippen molar-refractivity contribution >= 4 is 9.84 Å². The molecule has 0 radical (unpaired) electrons. The predicted molar refractivity (Wildman–Crippen MR) is 97.2 cm³/mol. The van der Waals surface area contributed by atoms with E-state index < -0.39 is 9.84 Å². The molecule has 1 fully saturated rings. The Hall–Kier alpha value is -2.61. The van der Waals surface area contributed by atoms with Crippen LogP contribution in [-0.4, -0.2) is 44.7 Å². The molecule has 1 aliphatic heterocycles. The Labute approximate surface area is 152 Å². The molecule has 0 saturated carbocycles. The van der Waals surface area contributed by atoms with E-state index in [1.807, 2.05) is 35.1 Å². The van der Waals surface area contributed by atoms with Crippen LogP contribution in [-0.2, 0) is 22.7 Å². The van der Waals surface area contributed by atoms with Crippen LogP contribution >= 0.6 is 0 Å².